The van der Waals surface area contributed by atoms with Gasteiger partial charge in [-0.3, -0.25) is 9.67 Å². The molecule has 3 N–H and O–H groups in total. The van der Waals surface area contributed by atoms with Crippen LogP contribution in [-0.4, -0.2) is 46.4 Å². The number of nitrogens with zero attached hydrogens (tertiary/aromatic N) is 6. The molecule has 1 saturated heterocycles. The standard InChI is InChI=1S/C28H34N8/c1-18-12-20-13-25(31-18)23-15-30-34(3)26(23)8-6-4-5-7-11-36-27-14-22(35-16-21(29)17-35)9-10-24(27)33-28(36)32-19(20)2/h9-10,12-15,21H,2,4-8,11,16-17,29H2,1,3H3,(H,32,33). The zero-order chi connectivity index (χ0) is 24.8. The van der Waals surface area contributed by atoms with Gasteiger partial charge in [0.25, 0.3) is 0 Å². The highest BCUT2D eigenvalue weighted by atomic mass is 15.4. The summed E-state index contributed by atoms with van der Waals surface area (Å²) in [5, 5.41) is 8.10. The van der Waals surface area contributed by atoms with Gasteiger partial charge in [0.2, 0.25) is 5.96 Å². The first-order chi connectivity index (χ1) is 17.5. The molecule has 3 aromatic rings. The number of nitrogens with two attached hydrogens (primary N) is 1. The second kappa shape index (κ2) is 9.09. The number of fused-ring (bicyclic) bond motifs is 7. The van der Waals surface area contributed by atoms with Crippen LogP contribution in [0.1, 0.15) is 42.6 Å². The second-order valence-corrected chi connectivity index (χ2v) is 10.2. The Labute approximate surface area is 212 Å². The summed E-state index contributed by atoms with van der Waals surface area (Å²) in [6.45, 7) is 9.10. The summed E-state index contributed by atoms with van der Waals surface area (Å²) in [5.41, 5.74) is 15.4. The van der Waals surface area contributed by atoms with Gasteiger partial charge in [0.15, 0.2) is 0 Å². The number of hydrogen-bond donors (Lipinski definition) is 2. The number of hydrogen-bond acceptors (Lipinski definition) is 7. The number of aromatic nitrogens is 3. The number of aryl methyl sites for hydroxylation is 2. The first kappa shape index (κ1) is 22.8. The zero-order valence-electron chi connectivity index (χ0n) is 21.2. The van der Waals surface area contributed by atoms with Gasteiger partial charge >= 0.3 is 0 Å². The Morgan fingerprint density at radius 1 is 1.08 bits per heavy atom. The molecule has 36 heavy (non-hydrogen) atoms. The smallest absolute Gasteiger partial charge is 0.208 e. The Kier molecular flexibility index (Phi) is 5.76. The Balaban J connectivity index is 1.38. The molecule has 3 aliphatic heterocycles. The maximum atomic E-state index is 6.04. The molecule has 2 bridgehead atoms. The fourth-order valence-electron chi connectivity index (χ4n) is 5.44. The molecular formula is C28H34N8. The van der Waals surface area contributed by atoms with Crippen LogP contribution < -0.4 is 20.9 Å². The van der Waals surface area contributed by atoms with E-state index in [1.54, 1.807) is 0 Å². The van der Waals surface area contributed by atoms with Crippen molar-refractivity contribution in [1.29, 1.82) is 0 Å². The van der Waals surface area contributed by atoms with E-state index in [1.807, 2.05) is 24.9 Å². The van der Waals surface area contributed by atoms with Gasteiger partial charge in [-0.2, -0.15) is 5.10 Å². The van der Waals surface area contributed by atoms with Crippen molar-refractivity contribution in [3.63, 3.8) is 0 Å². The van der Waals surface area contributed by atoms with E-state index in [1.165, 1.54) is 29.9 Å². The Bertz CT molecular complexity index is 1350. The fourth-order valence-corrected chi connectivity index (χ4v) is 5.44. The summed E-state index contributed by atoms with van der Waals surface area (Å²) in [6.07, 6.45) is 7.50. The van der Waals surface area contributed by atoms with Crippen molar-refractivity contribution in [2.75, 3.05) is 34.8 Å². The van der Waals surface area contributed by atoms with Gasteiger partial charge in [-0.05, 0) is 56.5 Å². The normalized spacial score (nSPS) is 19.8. The van der Waals surface area contributed by atoms with E-state index in [-0.39, 0.29) is 6.04 Å². The molecule has 0 aliphatic carbocycles. The van der Waals surface area contributed by atoms with E-state index in [0.29, 0.717) is 0 Å². The molecule has 0 spiro atoms. The van der Waals surface area contributed by atoms with Crippen molar-refractivity contribution >= 4 is 28.7 Å². The number of guanidine groups is 1. The molecule has 1 aromatic carbocycles. The van der Waals surface area contributed by atoms with E-state index < -0.39 is 0 Å². The van der Waals surface area contributed by atoms with Gasteiger partial charge in [-0.1, -0.05) is 19.4 Å². The van der Waals surface area contributed by atoms with Crippen molar-refractivity contribution in [1.82, 2.24) is 14.8 Å². The number of pyridine rings is 1. The maximum Gasteiger partial charge on any atom is 0.208 e. The lowest BCUT2D eigenvalue weighted by molar-refractivity contribution is 0.519. The van der Waals surface area contributed by atoms with Crippen LogP contribution in [0, 0.1) is 6.92 Å². The van der Waals surface area contributed by atoms with Crippen molar-refractivity contribution in [2.45, 2.75) is 45.1 Å². The highest BCUT2D eigenvalue weighted by molar-refractivity contribution is 6.16. The molecule has 2 aromatic heterocycles. The number of nitrogens with one attached hydrogen (secondary N) is 1. The number of aliphatic imine (C=N–C) groups is 1. The first-order valence-corrected chi connectivity index (χ1v) is 12.9. The molecule has 0 radical (unpaired) electrons. The average Bonchev–Trinajstić information content (AvgIpc) is 3.37. The molecule has 0 amide bonds. The minimum absolute atomic E-state index is 0.270. The van der Waals surface area contributed by atoms with Crippen molar-refractivity contribution in [2.24, 2.45) is 17.8 Å². The van der Waals surface area contributed by atoms with Crippen LogP contribution in [0.25, 0.3) is 17.0 Å². The largest absolute Gasteiger partial charge is 0.368 e. The predicted octanol–water partition coefficient (Wildman–Crippen LogP) is 4.31. The zero-order valence-corrected chi connectivity index (χ0v) is 21.2. The average molecular weight is 483 g/mol. The highest BCUT2D eigenvalue weighted by Gasteiger charge is 2.29. The third kappa shape index (κ3) is 4.15. The topological polar surface area (TPSA) is 87.6 Å². The van der Waals surface area contributed by atoms with Crippen molar-refractivity contribution in [3.05, 3.63) is 60.1 Å². The van der Waals surface area contributed by atoms with Crippen molar-refractivity contribution < 1.29 is 0 Å². The summed E-state index contributed by atoms with van der Waals surface area (Å²) >= 11 is 0. The number of benzene rings is 1. The maximum absolute atomic E-state index is 6.04. The first-order valence-electron chi connectivity index (χ1n) is 12.9. The van der Waals surface area contributed by atoms with E-state index in [2.05, 4.69) is 57.1 Å². The summed E-state index contributed by atoms with van der Waals surface area (Å²) in [5.74, 6) is 0.834. The molecule has 0 saturated carbocycles. The van der Waals surface area contributed by atoms with Crippen LogP contribution in [0.4, 0.5) is 17.1 Å². The van der Waals surface area contributed by atoms with Gasteiger partial charge in [0.1, 0.15) is 0 Å². The molecule has 5 heterocycles. The van der Waals surface area contributed by atoms with Gasteiger partial charge < -0.3 is 20.9 Å². The van der Waals surface area contributed by atoms with Gasteiger partial charge in [-0.15, -0.1) is 0 Å². The summed E-state index contributed by atoms with van der Waals surface area (Å²) < 4.78 is 1.99. The molecule has 0 atom stereocenters. The molecule has 6 rings (SSSR count). The highest BCUT2D eigenvalue weighted by Crippen LogP contribution is 2.38. The van der Waals surface area contributed by atoms with E-state index in [9.17, 15) is 0 Å². The van der Waals surface area contributed by atoms with Crippen LogP contribution in [-0.2, 0) is 13.5 Å². The number of rotatable bonds is 1. The fraction of sp³-hybridized carbons (Fsp3) is 0.393. The quantitative estimate of drug-likeness (QED) is 0.537. The van der Waals surface area contributed by atoms with Crippen LogP contribution in [0.15, 0.2) is 48.1 Å². The van der Waals surface area contributed by atoms with Gasteiger partial charge in [0, 0.05) is 60.9 Å². The van der Waals surface area contributed by atoms with Crippen LogP contribution >= 0.6 is 0 Å². The number of anilines is 3. The molecule has 8 heteroatoms. The van der Waals surface area contributed by atoms with E-state index in [0.717, 1.165) is 78.8 Å². The molecule has 186 valence electrons. The summed E-state index contributed by atoms with van der Waals surface area (Å²) in [7, 11) is 2.02. The predicted molar refractivity (Wildman–Crippen MR) is 147 cm³/mol. The van der Waals surface area contributed by atoms with Crippen LogP contribution in [0.5, 0.6) is 0 Å². The Hall–Kier alpha value is -3.65. The monoisotopic (exact) mass is 482 g/mol. The SMILES string of the molecule is C=C1/N=C2\Nc3ccc(N4CC(N)C4)cc3N2CCCCCCc2c(cnn2C)-c2cc1cc(C)n2. The van der Waals surface area contributed by atoms with Crippen molar-refractivity contribution in [3.8, 4) is 11.3 Å². The second-order valence-electron chi connectivity index (χ2n) is 10.2. The lowest BCUT2D eigenvalue weighted by Crippen LogP contribution is -2.55. The Morgan fingerprint density at radius 2 is 1.92 bits per heavy atom. The van der Waals surface area contributed by atoms with E-state index >= 15 is 0 Å². The van der Waals surface area contributed by atoms with Crippen LogP contribution in [0.2, 0.25) is 0 Å². The lowest BCUT2D eigenvalue weighted by Gasteiger charge is -2.39. The summed E-state index contributed by atoms with van der Waals surface area (Å²) in [4.78, 5) is 14.5. The van der Waals surface area contributed by atoms with Gasteiger partial charge in [-0.25, -0.2) is 4.99 Å². The third-order valence-corrected chi connectivity index (χ3v) is 7.46. The molecule has 0 unspecified atom stereocenters. The van der Waals surface area contributed by atoms with Crippen LogP contribution in [0.3, 0.4) is 0 Å². The minimum Gasteiger partial charge on any atom is -0.368 e. The summed E-state index contributed by atoms with van der Waals surface area (Å²) in [6, 6.07) is 11.0. The Morgan fingerprint density at radius 3 is 2.75 bits per heavy atom. The molecular weight excluding hydrogens is 448 g/mol. The third-order valence-electron chi connectivity index (χ3n) is 7.46. The molecule has 1 fully saturated rings. The van der Waals surface area contributed by atoms with Gasteiger partial charge in [0.05, 0.1) is 29.0 Å². The van der Waals surface area contributed by atoms with E-state index in [4.69, 9.17) is 15.7 Å². The lowest BCUT2D eigenvalue weighted by atomic mass is 10.0. The molecule has 3 aliphatic rings. The molecule has 8 nitrogen and oxygen atoms in total. The minimum atomic E-state index is 0.270.